The van der Waals surface area contributed by atoms with E-state index in [9.17, 15) is 50.8 Å². The van der Waals surface area contributed by atoms with E-state index < -0.39 is 96.3 Å². The average Bonchev–Trinajstić information content (AvgIpc) is 3.13. The van der Waals surface area contributed by atoms with Gasteiger partial charge in [-0.2, -0.15) is 0 Å². The number of allylic oxidation sites excluding steroid dienone is 1. The Morgan fingerprint density at radius 1 is 0.836 bits per heavy atom. The molecule has 0 bridgehead atoms. The van der Waals surface area contributed by atoms with Gasteiger partial charge in [0.1, 0.15) is 42.7 Å². The molecule has 7 rings (SSSR count). The van der Waals surface area contributed by atoms with Gasteiger partial charge < -0.3 is 64.9 Å². The summed E-state index contributed by atoms with van der Waals surface area (Å²) in [5.74, 6) is -1.07. The van der Waals surface area contributed by atoms with Gasteiger partial charge in [0.15, 0.2) is 12.6 Å². The Hall–Kier alpha value is -1.27. The molecule has 14 nitrogen and oxygen atoms in total. The molecule has 0 aromatic rings. The smallest absolute Gasteiger partial charge is 0.310 e. The summed E-state index contributed by atoms with van der Waals surface area (Å²) in [4.78, 5) is 13.1. The molecule has 0 spiro atoms. The van der Waals surface area contributed by atoms with Crippen molar-refractivity contribution in [2.24, 2.45) is 50.7 Å². The minimum atomic E-state index is -1.73. The number of aliphatic carboxylic acids is 1. The van der Waals surface area contributed by atoms with E-state index in [0.717, 1.165) is 37.7 Å². The van der Waals surface area contributed by atoms with E-state index in [1.165, 1.54) is 0 Å². The number of carbonyl (C=O) groups is 1. The molecule has 0 aromatic heterocycles. The van der Waals surface area contributed by atoms with Crippen LogP contribution in [0.3, 0.4) is 0 Å². The molecule has 2 saturated heterocycles. The highest BCUT2D eigenvalue weighted by Gasteiger charge is 2.72. The molecular formula is C41H66O14. The summed E-state index contributed by atoms with van der Waals surface area (Å²) in [6, 6.07) is 0. The van der Waals surface area contributed by atoms with Gasteiger partial charge in [0.05, 0.1) is 36.9 Å². The molecule has 0 radical (unpaired) electrons. The second-order valence-electron chi connectivity index (χ2n) is 19.7. The normalized spacial score (nSPS) is 56.7. The fourth-order valence-corrected chi connectivity index (χ4v) is 13.6. The minimum absolute atomic E-state index is 0.0207. The van der Waals surface area contributed by atoms with Crippen molar-refractivity contribution < 1.29 is 69.7 Å². The van der Waals surface area contributed by atoms with Crippen LogP contribution in [0.4, 0.5) is 0 Å². The fourth-order valence-electron chi connectivity index (χ4n) is 13.6. The van der Waals surface area contributed by atoms with Gasteiger partial charge in [0.2, 0.25) is 0 Å². The lowest BCUT2D eigenvalue weighted by Gasteiger charge is -2.72. The molecule has 9 N–H and O–H groups in total. The first-order valence-corrected chi connectivity index (χ1v) is 20.5. The molecule has 7 aliphatic rings. The fraction of sp³-hybridized carbons (Fsp3) is 0.927. The number of aliphatic hydroxyl groups is 8. The van der Waals surface area contributed by atoms with E-state index in [4.69, 9.17) is 18.9 Å². The van der Waals surface area contributed by atoms with Crippen molar-refractivity contribution in [3.05, 3.63) is 11.6 Å². The van der Waals surface area contributed by atoms with Gasteiger partial charge in [0, 0.05) is 11.3 Å². The van der Waals surface area contributed by atoms with Gasteiger partial charge in [-0.05, 0) is 98.7 Å². The van der Waals surface area contributed by atoms with Crippen LogP contribution >= 0.6 is 0 Å². The topological polar surface area (TPSA) is 236 Å². The van der Waals surface area contributed by atoms with Crippen LogP contribution in [0.5, 0.6) is 0 Å². The van der Waals surface area contributed by atoms with Crippen LogP contribution in [0.15, 0.2) is 11.6 Å². The summed E-state index contributed by atoms with van der Waals surface area (Å²) < 4.78 is 23.6. The Labute approximate surface area is 323 Å². The third kappa shape index (κ3) is 5.89. The summed E-state index contributed by atoms with van der Waals surface area (Å²) in [5.41, 5.74) is -2.52. The van der Waals surface area contributed by atoms with Crippen LogP contribution in [-0.4, -0.2) is 139 Å². The maximum atomic E-state index is 13.1. The summed E-state index contributed by atoms with van der Waals surface area (Å²) in [6.45, 7) is 11.8. The van der Waals surface area contributed by atoms with Crippen LogP contribution < -0.4 is 0 Å². The molecule has 314 valence electrons. The largest absolute Gasteiger partial charge is 0.481 e. The van der Waals surface area contributed by atoms with Crippen molar-refractivity contribution >= 4 is 5.97 Å². The minimum Gasteiger partial charge on any atom is -0.481 e. The lowest BCUT2D eigenvalue weighted by molar-refractivity contribution is -0.358. The molecule has 0 aromatic carbocycles. The average molecular weight is 783 g/mol. The molecule has 2 heterocycles. The molecule has 0 unspecified atom stereocenters. The number of fused-ring (bicyclic) bond motifs is 7. The summed E-state index contributed by atoms with van der Waals surface area (Å²) >= 11 is 0. The number of carboxylic acids is 1. The number of rotatable bonds is 7. The van der Waals surface area contributed by atoms with Crippen LogP contribution in [0, 0.1) is 50.7 Å². The van der Waals surface area contributed by atoms with Crippen molar-refractivity contribution in [2.75, 3.05) is 19.8 Å². The molecule has 5 aliphatic carbocycles. The third-order valence-corrected chi connectivity index (χ3v) is 17.4. The van der Waals surface area contributed by atoms with Crippen molar-refractivity contribution in [1.82, 2.24) is 0 Å². The van der Waals surface area contributed by atoms with Gasteiger partial charge in [-0.15, -0.1) is 0 Å². The molecule has 6 fully saturated rings. The Balaban J connectivity index is 1.13. The molecule has 0 amide bonds. The van der Waals surface area contributed by atoms with Crippen LogP contribution in [0.2, 0.25) is 0 Å². The van der Waals surface area contributed by atoms with Crippen molar-refractivity contribution in [3.8, 4) is 0 Å². The Kier molecular flexibility index (Phi) is 10.8. The number of aliphatic hydroxyl groups excluding tert-OH is 7. The number of hydrogen-bond donors (Lipinski definition) is 9. The predicted molar refractivity (Wildman–Crippen MR) is 195 cm³/mol. The van der Waals surface area contributed by atoms with E-state index in [1.54, 1.807) is 0 Å². The van der Waals surface area contributed by atoms with E-state index in [1.807, 2.05) is 20.8 Å². The quantitative estimate of drug-likeness (QED) is 0.132. The highest BCUT2D eigenvalue weighted by atomic mass is 16.7. The molecule has 4 saturated carbocycles. The van der Waals surface area contributed by atoms with Crippen molar-refractivity contribution in [2.45, 2.75) is 166 Å². The maximum absolute atomic E-state index is 13.1. The number of hydrogen-bond acceptors (Lipinski definition) is 13. The lowest BCUT2D eigenvalue weighted by atomic mass is 9.33. The number of ether oxygens (including phenoxy) is 4. The Morgan fingerprint density at radius 3 is 2.20 bits per heavy atom. The maximum Gasteiger partial charge on any atom is 0.310 e. The standard InChI is InChI=1S/C41H66O14/c1-20-9-14-41(35(49)50)16-15-38(4)21(32(41)40(20,6)51)7-8-25-36(2)12-11-26(37(3,19-43)24(36)10-13-39(25,38)5)54-33-30(48)31(22(44)18-52-33)55-34-29(47)28(46)27(45)23(17-42)53-34/h7,20,22-34,42-48,51H,8-19H2,1-6H3,(H,49,50)/t20-,22+,23-,24-,25-,26+,27-,28+,29-,30-,31+,32-,33+,34+,36-,37+,38-,39-,40-,41+/m1/s1. The second kappa shape index (κ2) is 14.2. The molecule has 55 heavy (non-hydrogen) atoms. The molecule has 2 aliphatic heterocycles. The summed E-state index contributed by atoms with van der Waals surface area (Å²) in [5, 5.41) is 97.0. The van der Waals surface area contributed by atoms with E-state index in [0.29, 0.717) is 25.7 Å². The molecule has 20 atom stereocenters. The first-order chi connectivity index (χ1) is 25.7. The van der Waals surface area contributed by atoms with Crippen LogP contribution in [0.1, 0.15) is 99.3 Å². The Bertz CT molecular complexity index is 1490. The van der Waals surface area contributed by atoms with Gasteiger partial charge in [-0.25, -0.2) is 0 Å². The zero-order valence-electron chi connectivity index (χ0n) is 33.2. The van der Waals surface area contributed by atoms with Crippen LogP contribution in [-0.2, 0) is 23.7 Å². The van der Waals surface area contributed by atoms with Gasteiger partial charge in [0.25, 0.3) is 0 Å². The van der Waals surface area contributed by atoms with E-state index >= 15 is 0 Å². The molecule has 14 heteroatoms. The van der Waals surface area contributed by atoms with Gasteiger partial charge in [-0.3, -0.25) is 4.79 Å². The first-order valence-electron chi connectivity index (χ1n) is 20.5. The third-order valence-electron chi connectivity index (χ3n) is 17.4. The number of carboxylic acid groups (broad SMARTS) is 1. The highest BCUT2D eigenvalue weighted by molar-refractivity contribution is 5.77. The van der Waals surface area contributed by atoms with E-state index in [-0.39, 0.29) is 47.2 Å². The van der Waals surface area contributed by atoms with Crippen molar-refractivity contribution in [3.63, 3.8) is 0 Å². The van der Waals surface area contributed by atoms with Crippen LogP contribution in [0.25, 0.3) is 0 Å². The second-order valence-corrected chi connectivity index (χ2v) is 19.7. The van der Waals surface area contributed by atoms with Gasteiger partial charge >= 0.3 is 5.97 Å². The summed E-state index contributed by atoms with van der Waals surface area (Å²) in [7, 11) is 0. The predicted octanol–water partition coefficient (Wildman–Crippen LogP) is 1.46. The zero-order chi connectivity index (χ0) is 40.3. The lowest BCUT2D eigenvalue weighted by Crippen LogP contribution is -2.68. The highest BCUT2D eigenvalue weighted by Crippen LogP contribution is 2.76. The Morgan fingerprint density at radius 2 is 1.55 bits per heavy atom. The van der Waals surface area contributed by atoms with Crippen molar-refractivity contribution in [1.29, 1.82) is 0 Å². The summed E-state index contributed by atoms with van der Waals surface area (Å²) in [6.07, 6.45) is -5.46. The monoisotopic (exact) mass is 782 g/mol. The molecular weight excluding hydrogens is 716 g/mol. The zero-order valence-corrected chi connectivity index (χ0v) is 33.2. The van der Waals surface area contributed by atoms with Gasteiger partial charge in [-0.1, -0.05) is 46.3 Å². The first kappa shape index (κ1) is 41.9. The van der Waals surface area contributed by atoms with E-state index in [2.05, 4.69) is 26.8 Å². The SMILES string of the molecule is C[C@@H]1CC[C@]2(C(=O)O)CC[C@]3(C)C(=CC[C@@H]4[C@]5(C)CC[C@H](O[C@@H]6OC[C@H](O)[C@H](O[C@@H]7O[C@H](CO)[C@@H](O)[C@H](O)[C@H]7O)[C@H]6O)[C@@](C)(CO)[C@@H]5CC[C@]43C)[C@@H]2[C@]1(C)O.